The molecule has 1 aliphatic heterocycles. The number of nitrogens with one attached hydrogen (secondary N) is 3. The second-order valence-electron chi connectivity index (χ2n) is 8.77. The van der Waals surface area contributed by atoms with Crippen LogP contribution in [0.3, 0.4) is 0 Å². The average Bonchev–Trinajstić information content (AvgIpc) is 3.24. The second-order valence-corrected chi connectivity index (χ2v) is 8.77. The van der Waals surface area contributed by atoms with Gasteiger partial charge in [0.05, 0.1) is 35.1 Å². The van der Waals surface area contributed by atoms with Crippen molar-refractivity contribution in [2.75, 3.05) is 17.7 Å². The van der Waals surface area contributed by atoms with Crippen LogP contribution >= 0.6 is 0 Å². The lowest BCUT2D eigenvalue weighted by molar-refractivity contribution is -0.118. The fourth-order valence-electron chi connectivity index (χ4n) is 5.12. The van der Waals surface area contributed by atoms with Crippen LogP contribution in [-0.4, -0.2) is 33.0 Å². The van der Waals surface area contributed by atoms with Crippen molar-refractivity contribution in [3.63, 3.8) is 0 Å². The summed E-state index contributed by atoms with van der Waals surface area (Å²) in [6.45, 7) is 4.01. The van der Waals surface area contributed by atoms with E-state index in [1.54, 1.807) is 7.11 Å². The van der Waals surface area contributed by atoms with Gasteiger partial charge in [-0.15, -0.1) is 0 Å². The van der Waals surface area contributed by atoms with Crippen LogP contribution in [0, 0.1) is 13.8 Å². The monoisotopic (exact) mass is 428 g/mol. The molecular weight excluding hydrogens is 404 g/mol. The minimum absolute atomic E-state index is 0.0698. The van der Waals surface area contributed by atoms with E-state index in [0.29, 0.717) is 0 Å². The van der Waals surface area contributed by atoms with Crippen LogP contribution < -0.4 is 15.4 Å². The van der Waals surface area contributed by atoms with Crippen molar-refractivity contribution < 1.29 is 9.53 Å². The molecule has 1 amide bonds. The van der Waals surface area contributed by atoms with E-state index in [2.05, 4.69) is 44.1 Å². The number of hydrogen-bond donors (Lipinski definition) is 3. The molecular formula is C24H24N6O2. The van der Waals surface area contributed by atoms with Crippen molar-refractivity contribution in [2.45, 2.75) is 31.6 Å². The van der Waals surface area contributed by atoms with Gasteiger partial charge in [-0.25, -0.2) is 0 Å². The molecule has 0 radical (unpaired) electrons. The van der Waals surface area contributed by atoms with Crippen LogP contribution in [0.15, 0.2) is 36.4 Å². The Bertz CT molecular complexity index is 1420. The van der Waals surface area contributed by atoms with E-state index < -0.39 is 5.41 Å². The summed E-state index contributed by atoms with van der Waals surface area (Å²) in [5, 5.41) is 19.6. The van der Waals surface area contributed by atoms with Crippen LogP contribution in [0.5, 0.6) is 5.75 Å². The molecule has 1 saturated carbocycles. The number of nitrogens with zero attached hydrogens (tertiary/aromatic N) is 3. The number of amides is 1. The number of aryl methyl sites for hydroxylation is 2. The van der Waals surface area contributed by atoms with Crippen molar-refractivity contribution in [1.82, 2.24) is 20.0 Å². The number of carbonyl (C=O) groups excluding carboxylic acids is 1. The van der Waals surface area contributed by atoms with Crippen LogP contribution in [-0.2, 0) is 17.3 Å². The number of anilines is 3. The molecule has 32 heavy (non-hydrogen) atoms. The van der Waals surface area contributed by atoms with Crippen LogP contribution in [0.1, 0.15) is 34.9 Å². The first kappa shape index (κ1) is 18.9. The molecule has 1 aliphatic carbocycles. The van der Waals surface area contributed by atoms with Gasteiger partial charge in [0.25, 0.3) is 0 Å². The smallest absolute Gasteiger partial charge is 0.235 e. The number of ether oxygens (including phenoxy) is 1. The van der Waals surface area contributed by atoms with Crippen molar-refractivity contribution in [3.05, 3.63) is 58.9 Å². The predicted molar refractivity (Wildman–Crippen MR) is 123 cm³/mol. The zero-order valence-corrected chi connectivity index (χ0v) is 18.4. The number of carbonyl (C=O) groups is 1. The van der Waals surface area contributed by atoms with Gasteiger partial charge in [-0.2, -0.15) is 10.2 Å². The lowest BCUT2D eigenvalue weighted by Gasteiger charge is -2.10. The van der Waals surface area contributed by atoms with Gasteiger partial charge in [-0.3, -0.25) is 14.6 Å². The highest BCUT2D eigenvalue weighted by molar-refractivity contribution is 6.10. The molecule has 2 aliphatic rings. The van der Waals surface area contributed by atoms with E-state index in [1.165, 1.54) is 0 Å². The third kappa shape index (κ3) is 2.46. The zero-order valence-electron chi connectivity index (χ0n) is 18.4. The fraction of sp³-hybridized carbons (Fsp3) is 0.292. The normalized spacial score (nSPS) is 21.1. The molecule has 2 aromatic heterocycles. The number of H-pyrrole nitrogens is 1. The van der Waals surface area contributed by atoms with Crippen LogP contribution in [0.2, 0.25) is 0 Å². The molecule has 1 fully saturated rings. The maximum atomic E-state index is 12.9. The molecule has 2 atom stereocenters. The molecule has 8 heteroatoms. The van der Waals surface area contributed by atoms with Crippen LogP contribution in [0.25, 0.3) is 10.9 Å². The Hall–Kier alpha value is -3.81. The van der Waals surface area contributed by atoms with E-state index in [-0.39, 0.29) is 11.8 Å². The number of hydrogen-bond acceptors (Lipinski definition) is 5. The number of fused-ring (bicyclic) bond motifs is 3. The van der Waals surface area contributed by atoms with Crippen LogP contribution in [0.4, 0.5) is 17.2 Å². The largest absolute Gasteiger partial charge is 0.497 e. The number of rotatable bonds is 4. The summed E-state index contributed by atoms with van der Waals surface area (Å²) in [6.07, 6.45) is 0.790. The third-order valence-corrected chi connectivity index (χ3v) is 7.06. The molecule has 3 N–H and O–H groups in total. The quantitative estimate of drug-likeness (QED) is 0.456. The first-order valence-electron chi connectivity index (χ1n) is 10.7. The molecule has 4 aromatic rings. The highest BCUT2D eigenvalue weighted by Crippen LogP contribution is 2.65. The van der Waals surface area contributed by atoms with E-state index in [9.17, 15) is 4.79 Å². The highest BCUT2D eigenvalue weighted by Gasteiger charge is 2.65. The molecule has 0 bridgehead atoms. The number of aromatic nitrogens is 4. The van der Waals surface area contributed by atoms with E-state index in [1.807, 2.05) is 43.8 Å². The number of aromatic amines is 1. The van der Waals surface area contributed by atoms with Gasteiger partial charge in [0.1, 0.15) is 5.75 Å². The Morgan fingerprint density at radius 2 is 2.06 bits per heavy atom. The Kier molecular flexibility index (Phi) is 3.75. The van der Waals surface area contributed by atoms with Crippen molar-refractivity contribution in [3.8, 4) is 5.75 Å². The lowest BCUT2D eigenvalue weighted by Crippen LogP contribution is -2.21. The van der Waals surface area contributed by atoms with Gasteiger partial charge in [0.2, 0.25) is 5.91 Å². The Morgan fingerprint density at radius 3 is 2.81 bits per heavy atom. The first-order valence-corrected chi connectivity index (χ1v) is 10.7. The van der Waals surface area contributed by atoms with Gasteiger partial charge in [-0.05, 0) is 61.7 Å². The highest BCUT2D eigenvalue weighted by atomic mass is 16.5. The topological polar surface area (TPSA) is 96.9 Å². The maximum Gasteiger partial charge on any atom is 0.235 e. The summed E-state index contributed by atoms with van der Waals surface area (Å²) in [7, 11) is 3.58. The van der Waals surface area contributed by atoms with E-state index in [0.717, 1.165) is 62.8 Å². The van der Waals surface area contributed by atoms with E-state index >= 15 is 0 Å². The molecule has 0 unspecified atom stereocenters. The van der Waals surface area contributed by atoms with Gasteiger partial charge >= 0.3 is 0 Å². The molecule has 8 nitrogen and oxygen atoms in total. The summed E-state index contributed by atoms with van der Waals surface area (Å²) < 4.78 is 7.26. The summed E-state index contributed by atoms with van der Waals surface area (Å²) in [4.78, 5) is 12.9. The standard InChI is InChI=1S/C24H24N6O2/c1-12-21(13(2)30(3)29-12)26-22-16-7-5-14(9-20(16)27-28-22)18-11-24(18)17-10-15(32-4)6-8-19(17)25-23(24)31/h5-10,18H,11H2,1-4H3,(H,25,31)(H2,26,27,28)/t18-,24-/m0/s1. The lowest BCUT2D eigenvalue weighted by atomic mass is 9.91. The zero-order chi connectivity index (χ0) is 22.2. The van der Waals surface area contributed by atoms with Crippen molar-refractivity contribution in [2.24, 2.45) is 7.05 Å². The molecule has 6 rings (SSSR count). The van der Waals surface area contributed by atoms with E-state index in [4.69, 9.17) is 4.74 Å². The predicted octanol–water partition coefficient (Wildman–Crippen LogP) is 4.04. The van der Waals surface area contributed by atoms with Gasteiger partial charge in [0.15, 0.2) is 5.82 Å². The molecule has 3 heterocycles. The summed E-state index contributed by atoms with van der Waals surface area (Å²) >= 11 is 0. The van der Waals surface area contributed by atoms with Gasteiger partial charge in [-0.1, -0.05) is 6.07 Å². The average molecular weight is 428 g/mol. The molecule has 2 aromatic carbocycles. The molecule has 0 saturated heterocycles. The first-order chi connectivity index (χ1) is 15.4. The summed E-state index contributed by atoms with van der Waals surface area (Å²) in [5.74, 6) is 1.74. The minimum atomic E-state index is -0.511. The second kappa shape index (κ2) is 6.35. The molecule has 162 valence electrons. The fourth-order valence-corrected chi connectivity index (χ4v) is 5.12. The number of benzene rings is 2. The van der Waals surface area contributed by atoms with Gasteiger partial charge < -0.3 is 15.4 Å². The minimum Gasteiger partial charge on any atom is -0.497 e. The van der Waals surface area contributed by atoms with Gasteiger partial charge in [0, 0.05) is 24.0 Å². The van der Waals surface area contributed by atoms with Crippen molar-refractivity contribution >= 4 is 34.0 Å². The summed E-state index contributed by atoms with van der Waals surface area (Å²) in [5.41, 5.74) is 6.43. The maximum absolute atomic E-state index is 12.9. The number of methoxy groups -OCH3 is 1. The third-order valence-electron chi connectivity index (χ3n) is 7.06. The Labute approximate surface area is 185 Å². The van der Waals surface area contributed by atoms with Crippen molar-refractivity contribution in [1.29, 1.82) is 0 Å². The Morgan fingerprint density at radius 1 is 1.22 bits per heavy atom. The Balaban J connectivity index is 1.34. The molecule has 1 spiro atoms. The SMILES string of the molecule is COc1ccc2c(c1)[C@]1(C[C@H]1c1ccc3c(Nc4c(C)nn(C)c4C)n[nH]c3c1)C(=O)N2. The summed E-state index contributed by atoms with van der Waals surface area (Å²) in [6, 6.07) is 12.1.